The Bertz CT molecular complexity index is 402. The van der Waals surface area contributed by atoms with Gasteiger partial charge >= 0.3 is 5.97 Å². The number of carbonyl (C=O) groups is 1. The second-order valence-corrected chi connectivity index (χ2v) is 4.75. The fourth-order valence-corrected chi connectivity index (χ4v) is 2.55. The third-order valence-electron chi connectivity index (χ3n) is 3.61. The van der Waals surface area contributed by atoms with Crippen molar-refractivity contribution in [2.45, 2.75) is 32.9 Å². The number of hydrogen-bond acceptors (Lipinski definition) is 3. The Balaban J connectivity index is 1.95. The van der Waals surface area contributed by atoms with Gasteiger partial charge in [-0.2, -0.15) is 0 Å². The number of aryl methyl sites for hydroxylation is 1. The van der Waals surface area contributed by atoms with Crippen molar-refractivity contribution in [2.24, 2.45) is 5.92 Å². The monoisotopic (exact) mass is 237 g/mol. The maximum atomic E-state index is 11.2. The summed E-state index contributed by atoms with van der Waals surface area (Å²) >= 11 is 0. The third kappa shape index (κ3) is 2.49. The summed E-state index contributed by atoms with van der Waals surface area (Å²) in [6.45, 7) is 6.44. The molecule has 0 bridgehead atoms. The van der Waals surface area contributed by atoms with Crippen LogP contribution in [-0.4, -0.2) is 44.7 Å². The topological polar surface area (TPSA) is 58.4 Å². The molecule has 94 valence electrons. The van der Waals surface area contributed by atoms with Crippen LogP contribution in [0.4, 0.5) is 0 Å². The lowest BCUT2D eigenvalue weighted by Crippen LogP contribution is -2.40. The number of carboxylic acid groups (broad SMARTS) is 1. The van der Waals surface area contributed by atoms with Gasteiger partial charge in [-0.3, -0.25) is 9.69 Å². The smallest absolute Gasteiger partial charge is 0.321 e. The fourth-order valence-electron chi connectivity index (χ4n) is 2.55. The molecule has 2 heterocycles. The first kappa shape index (κ1) is 12.1. The molecule has 1 saturated heterocycles. The molecule has 1 fully saturated rings. The van der Waals surface area contributed by atoms with Crippen LogP contribution in [0.2, 0.25) is 0 Å². The van der Waals surface area contributed by atoms with Crippen LogP contribution in [0.3, 0.4) is 0 Å². The van der Waals surface area contributed by atoms with Crippen molar-refractivity contribution in [1.29, 1.82) is 0 Å². The highest BCUT2D eigenvalue weighted by Crippen LogP contribution is 2.23. The van der Waals surface area contributed by atoms with E-state index >= 15 is 0 Å². The van der Waals surface area contributed by atoms with Crippen LogP contribution in [-0.2, 0) is 11.3 Å². The van der Waals surface area contributed by atoms with Crippen LogP contribution < -0.4 is 0 Å². The average molecular weight is 237 g/mol. The molecule has 1 aliphatic rings. The van der Waals surface area contributed by atoms with E-state index in [9.17, 15) is 9.90 Å². The van der Waals surface area contributed by atoms with Gasteiger partial charge < -0.3 is 9.67 Å². The van der Waals surface area contributed by atoms with Crippen molar-refractivity contribution in [2.75, 3.05) is 13.1 Å². The lowest BCUT2D eigenvalue weighted by Gasteiger charge is -2.23. The zero-order valence-corrected chi connectivity index (χ0v) is 10.3. The van der Waals surface area contributed by atoms with Crippen LogP contribution in [0.15, 0.2) is 12.4 Å². The fraction of sp³-hybridized carbons (Fsp3) is 0.667. The Hall–Kier alpha value is -1.36. The van der Waals surface area contributed by atoms with E-state index < -0.39 is 5.97 Å². The van der Waals surface area contributed by atoms with Gasteiger partial charge in [0.25, 0.3) is 0 Å². The minimum atomic E-state index is -0.697. The molecule has 2 rings (SSSR count). The summed E-state index contributed by atoms with van der Waals surface area (Å²) in [5.41, 5.74) is 0. The maximum Gasteiger partial charge on any atom is 0.321 e. The van der Waals surface area contributed by atoms with E-state index in [2.05, 4.69) is 14.5 Å². The Labute approximate surface area is 101 Å². The Morgan fingerprint density at radius 2 is 2.35 bits per heavy atom. The molecule has 17 heavy (non-hydrogen) atoms. The van der Waals surface area contributed by atoms with Crippen molar-refractivity contribution in [3.63, 3.8) is 0 Å². The van der Waals surface area contributed by atoms with Crippen LogP contribution in [0.25, 0.3) is 0 Å². The molecule has 1 aromatic rings. The van der Waals surface area contributed by atoms with E-state index in [1.54, 1.807) is 6.20 Å². The lowest BCUT2D eigenvalue weighted by molar-refractivity contribution is -0.143. The standard InChI is InChI=1S/C12H19N3O2/c1-9-3-5-15(11(9)12(16)17)8-7-14-6-4-13-10(14)2/h4,6,9,11H,3,5,7-8H2,1-2H3,(H,16,17). The van der Waals surface area contributed by atoms with Gasteiger partial charge in [0.05, 0.1) is 0 Å². The second-order valence-electron chi connectivity index (χ2n) is 4.75. The van der Waals surface area contributed by atoms with Crippen LogP contribution in [0.1, 0.15) is 19.2 Å². The summed E-state index contributed by atoms with van der Waals surface area (Å²) < 4.78 is 2.06. The van der Waals surface area contributed by atoms with E-state index in [0.29, 0.717) is 0 Å². The summed E-state index contributed by atoms with van der Waals surface area (Å²) in [4.78, 5) is 17.4. The SMILES string of the molecule is Cc1nccn1CCN1CCC(C)C1C(=O)O. The highest BCUT2D eigenvalue weighted by molar-refractivity contribution is 5.74. The Kier molecular flexibility index (Phi) is 3.47. The molecule has 0 aliphatic carbocycles. The van der Waals surface area contributed by atoms with Gasteiger partial charge in [0.15, 0.2) is 0 Å². The molecule has 2 atom stereocenters. The lowest BCUT2D eigenvalue weighted by atomic mass is 10.0. The highest BCUT2D eigenvalue weighted by Gasteiger charge is 2.36. The molecule has 0 amide bonds. The molecular weight excluding hydrogens is 218 g/mol. The zero-order chi connectivity index (χ0) is 12.4. The number of carboxylic acids is 1. The molecule has 0 saturated carbocycles. The summed E-state index contributed by atoms with van der Waals surface area (Å²) in [6.07, 6.45) is 4.68. The second kappa shape index (κ2) is 4.87. The molecule has 1 aromatic heterocycles. The maximum absolute atomic E-state index is 11.2. The quantitative estimate of drug-likeness (QED) is 0.848. The minimum absolute atomic E-state index is 0.247. The third-order valence-corrected chi connectivity index (χ3v) is 3.61. The van der Waals surface area contributed by atoms with Gasteiger partial charge in [0.1, 0.15) is 11.9 Å². The number of rotatable bonds is 4. The number of imidazole rings is 1. The van der Waals surface area contributed by atoms with Gasteiger partial charge in [-0.05, 0) is 25.8 Å². The molecule has 2 unspecified atom stereocenters. The highest BCUT2D eigenvalue weighted by atomic mass is 16.4. The average Bonchev–Trinajstić information content (AvgIpc) is 2.82. The molecule has 0 aromatic carbocycles. The number of aliphatic carboxylic acids is 1. The molecule has 5 heteroatoms. The Morgan fingerprint density at radius 1 is 1.59 bits per heavy atom. The number of hydrogen-bond donors (Lipinski definition) is 1. The summed E-state index contributed by atoms with van der Waals surface area (Å²) in [5.74, 6) is 0.526. The molecule has 0 spiro atoms. The van der Waals surface area contributed by atoms with Crippen LogP contribution in [0.5, 0.6) is 0 Å². The van der Waals surface area contributed by atoms with E-state index in [1.165, 1.54) is 0 Å². The minimum Gasteiger partial charge on any atom is -0.480 e. The largest absolute Gasteiger partial charge is 0.480 e. The summed E-state index contributed by atoms with van der Waals surface area (Å²) in [5, 5.41) is 9.21. The van der Waals surface area contributed by atoms with E-state index in [4.69, 9.17) is 0 Å². The summed E-state index contributed by atoms with van der Waals surface area (Å²) in [7, 11) is 0. The van der Waals surface area contributed by atoms with E-state index in [-0.39, 0.29) is 12.0 Å². The molecule has 5 nitrogen and oxygen atoms in total. The van der Waals surface area contributed by atoms with E-state index in [0.717, 1.165) is 31.9 Å². The van der Waals surface area contributed by atoms with Crippen molar-refractivity contribution >= 4 is 5.97 Å². The van der Waals surface area contributed by atoms with Crippen molar-refractivity contribution in [1.82, 2.24) is 14.5 Å². The van der Waals surface area contributed by atoms with Gasteiger partial charge in [-0.1, -0.05) is 6.92 Å². The van der Waals surface area contributed by atoms with Crippen molar-refractivity contribution in [3.05, 3.63) is 18.2 Å². The van der Waals surface area contributed by atoms with Crippen molar-refractivity contribution in [3.8, 4) is 0 Å². The predicted octanol–water partition coefficient (Wildman–Crippen LogP) is 0.987. The Morgan fingerprint density at radius 3 is 2.94 bits per heavy atom. The number of likely N-dealkylation sites (tertiary alicyclic amines) is 1. The molecule has 1 aliphatic heterocycles. The first-order valence-corrected chi connectivity index (χ1v) is 6.04. The van der Waals surface area contributed by atoms with E-state index in [1.807, 2.05) is 20.0 Å². The van der Waals surface area contributed by atoms with Gasteiger partial charge in [0.2, 0.25) is 0 Å². The van der Waals surface area contributed by atoms with Crippen LogP contribution in [0, 0.1) is 12.8 Å². The molecule has 0 radical (unpaired) electrons. The summed E-state index contributed by atoms with van der Waals surface area (Å²) in [6, 6.07) is -0.321. The predicted molar refractivity (Wildman–Crippen MR) is 63.7 cm³/mol. The number of nitrogens with zero attached hydrogens (tertiary/aromatic N) is 3. The normalized spacial score (nSPS) is 25.3. The molecule has 1 N–H and O–H groups in total. The molecular formula is C12H19N3O2. The van der Waals surface area contributed by atoms with Crippen molar-refractivity contribution < 1.29 is 9.90 Å². The van der Waals surface area contributed by atoms with Crippen LogP contribution >= 0.6 is 0 Å². The van der Waals surface area contributed by atoms with Gasteiger partial charge in [-0.15, -0.1) is 0 Å². The number of aromatic nitrogens is 2. The zero-order valence-electron chi connectivity index (χ0n) is 10.3. The van der Waals surface area contributed by atoms with Gasteiger partial charge in [-0.25, -0.2) is 4.98 Å². The first-order valence-electron chi connectivity index (χ1n) is 6.04. The first-order chi connectivity index (χ1) is 8.09. The van der Waals surface area contributed by atoms with Gasteiger partial charge in [0, 0.05) is 25.5 Å².